The lowest BCUT2D eigenvalue weighted by Crippen LogP contribution is -2.22. The summed E-state index contributed by atoms with van der Waals surface area (Å²) < 4.78 is 2.36. The van der Waals surface area contributed by atoms with Gasteiger partial charge in [-0.2, -0.15) is 0 Å². The first-order valence-electron chi connectivity index (χ1n) is 9.23. The van der Waals surface area contributed by atoms with Gasteiger partial charge in [0.15, 0.2) is 0 Å². The van der Waals surface area contributed by atoms with E-state index in [1.165, 1.54) is 34.7 Å². The molecule has 3 nitrogen and oxygen atoms in total. The van der Waals surface area contributed by atoms with Crippen molar-refractivity contribution >= 4 is 17.2 Å². The van der Waals surface area contributed by atoms with Crippen LogP contribution in [0.4, 0.5) is 0 Å². The average Bonchev–Trinajstić information content (AvgIpc) is 3.26. The zero-order valence-corrected chi connectivity index (χ0v) is 16.1. The van der Waals surface area contributed by atoms with Gasteiger partial charge in [0.2, 0.25) is 0 Å². The minimum absolute atomic E-state index is 0.0231. The van der Waals surface area contributed by atoms with Crippen molar-refractivity contribution in [3.63, 3.8) is 0 Å². The molecule has 1 atom stereocenters. The highest BCUT2D eigenvalue weighted by Crippen LogP contribution is 2.30. The van der Waals surface area contributed by atoms with E-state index >= 15 is 0 Å². The van der Waals surface area contributed by atoms with Crippen LogP contribution in [0.3, 0.4) is 0 Å². The lowest BCUT2D eigenvalue weighted by molar-refractivity contribution is 0.0951. The van der Waals surface area contributed by atoms with Crippen LogP contribution in [-0.2, 0) is 19.4 Å². The Morgan fingerprint density at radius 3 is 2.81 bits per heavy atom. The van der Waals surface area contributed by atoms with Crippen molar-refractivity contribution in [2.45, 2.75) is 39.7 Å². The number of hydrogen-bond donors (Lipinski definition) is 1. The first-order chi connectivity index (χ1) is 12.6. The maximum Gasteiger partial charge on any atom is 0.251 e. The Morgan fingerprint density at radius 2 is 2.08 bits per heavy atom. The minimum atomic E-state index is -0.0231. The molecule has 1 aliphatic rings. The van der Waals surface area contributed by atoms with E-state index in [1.54, 1.807) is 11.3 Å². The van der Waals surface area contributed by atoms with E-state index in [2.05, 4.69) is 41.9 Å². The fraction of sp³-hybridized carbons (Fsp3) is 0.318. The minimum Gasteiger partial charge on any atom is -0.347 e. The topological polar surface area (TPSA) is 34.0 Å². The summed E-state index contributed by atoms with van der Waals surface area (Å²) in [6.07, 6.45) is 3.55. The van der Waals surface area contributed by atoms with Crippen LogP contribution in [0, 0.1) is 12.8 Å². The number of fused-ring (bicyclic) bond motifs is 1. The number of aryl methyl sites for hydroxylation is 1. The number of hydrogen-bond acceptors (Lipinski definition) is 2. The van der Waals surface area contributed by atoms with Crippen LogP contribution in [0.15, 0.2) is 47.8 Å². The second-order valence-electron chi connectivity index (χ2n) is 7.25. The summed E-state index contributed by atoms with van der Waals surface area (Å²) in [6, 6.07) is 14.3. The third-order valence-corrected chi connectivity index (χ3v) is 6.09. The van der Waals surface area contributed by atoms with Crippen LogP contribution in [0.25, 0.3) is 5.69 Å². The van der Waals surface area contributed by atoms with E-state index in [4.69, 9.17) is 0 Å². The number of benzene rings is 1. The van der Waals surface area contributed by atoms with Crippen LogP contribution < -0.4 is 5.32 Å². The molecule has 4 rings (SSSR count). The molecule has 2 aromatic heterocycles. The molecule has 4 heteroatoms. The van der Waals surface area contributed by atoms with Crippen molar-refractivity contribution in [1.82, 2.24) is 9.88 Å². The maximum absolute atomic E-state index is 12.4. The molecule has 0 saturated carbocycles. The average molecular weight is 365 g/mol. The first-order valence-corrected chi connectivity index (χ1v) is 10.1. The molecule has 0 fully saturated rings. The molecular weight excluding hydrogens is 340 g/mol. The van der Waals surface area contributed by atoms with E-state index in [-0.39, 0.29) is 5.91 Å². The Morgan fingerprint density at radius 1 is 1.27 bits per heavy atom. The molecule has 0 spiro atoms. The molecule has 26 heavy (non-hydrogen) atoms. The number of amides is 1. The number of nitrogens with zero attached hydrogens (tertiary/aromatic N) is 1. The Bertz CT molecular complexity index is 907. The van der Waals surface area contributed by atoms with E-state index < -0.39 is 0 Å². The predicted molar refractivity (Wildman–Crippen MR) is 107 cm³/mol. The third-order valence-electron chi connectivity index (χ3n) is 5.21. The first kappa shape index (κ1) is 17.1. The van der Waals surface area contributed by atoms with E-state index in [0.717, 1.165) is 18.0 Å². The summed E-state index contributed by atoms with van der Waals surface area (Å²) in [7, 11) is 0. The lowest BCUT2D eigenvalue weighted by Gasteiger charge is -2.21. The molecule has 0 saturated heterocycles. The molecule has 0 aliphatic heterocycles. The van der Waals surface area contributed by atoms with Crippen LogP contribution in [0.5, 0.6) is 0 Å². The van der Waals surface area contributed by atoms with Crippen molar-refractivity contribution in [2.75, 3.05) is 0 Å². The molecule has 1 aliphatic carbocycles. The Balaban J connectivity index is 1.52. The number of carbonyl (C=O) groups excluding carboxylic acids is 1. The quantitative estimate of drug-likeness (QED) is 0.702. The normalized spacial score (nSPS) is 16.3. The molecular formula is C22H24N2OS. The Hall–Kier alpha value is -2.33. The zero-order valence-electron chi connectivity index (χ0n) is 15.3. The van der Waals surface area contributed by atoms with Crippen LogP contribution in [0.2, 0.25) is 0 Å². The van der Waals surface area contributed by atoms with Gasteiger partial charge in [-0.1, -0.05) is 13.0 Å². The molecule has 1 aromatic carbocycles. The number of rotatable bonds is 4. The van der Waals surface area contributed by atoms with Gasteiger partial charge in [0.05, 0.1) is 6.54 Å². The molecule has 0 radical (unpaired) electrons. The summed E-state index contributed by atoms with van der Waals surface area (Å²) in [5, 5.41) is 5.01. The Kier molecular flexibility index (Phi) is 4.68. The predicted octanol–water partition coefficient (Wildman–Crippen LogP) is 4.90. The van der Waals surface area contributed by atoms with Gasteiger partial charge >= 0.3 is 0 Å². The van der Waals surface area contributed by atoms with E-state index in [1.807, 2.05) is 29.6 Å². The molecule has 1 N–H and O–H groups in total. The third kappa shape index (κ3) is 3.34. The van der Waals surface area contributed by atoms with Crippen LogP contribution >= 0.6 is 11.3 Å². The summed E-state index contributed by atoms with van der Waals surface area (Å²) in [5.41, 5.74) is 6.05. The van der Waals surface area contributed by atoms with Gasteiger partial charge in [0.25, 0.3) is 5.91 Å². The molecule has 1 amide bonds. The van der Waals surface area contributed by atoms with E-state index in [9.17, 15) is 4.79 Å². The summed E-state index contributed by atoms with van der Waals surface area (Å²) in [6.45, 7) is 5.09. The van der Waals surface area contributed by atoms with Gasteiger partial charge in [-0.25, -0.2) is 0 Å². The molecule has 3 aromatic rings. The van der Waals surface area contributed by atoms with Crippen molar-refractivity contribution in [3.8, 4) is 5.69 Å². The largest absolute Gasteiger partial charge is 0.347 e. The second kappa shape index (κ2) is 7.12. The van der Waals surface area contributed by atoms with Crippen LogP contribution in [-0.4, -0.2) is 10.5 Å². The van der Waals surface area contributed by atoms with E-state index in [0.29, 0.717) is 12.1 Å². The van der Waals surface area contributed by atoms with Gasteiger partial charge in [-0.15, -0.1) is 11.3 Å². The number of nitrogens with one attached hydrogen (secondary N) is 1. The number of aromatic nitrogens is 1. The van der Waals surface area contributed by atoms with Crippen molar-refractivity contribution in [1.29, 1.82) is 0 Å². The second-order valence-corrected chi connectivity index (χ2v) is 8.28. The van der Waals surface area contributed by atoms with Gasteiger partial charge in [-0.3, -0.25) is 4.79 Å². The van der Waals surface area contributed by atoms with Gasteiger partial charge in [-0.05, 0) is 79.4 Å². The highest BCUT2D eigenvalue weighted by molar-refractivity contribution is 7.09. The van der Waals surface area contributed by atoms with Gasteiger partial charge in [0, 0.05) is 27.5 Å². The molecule has 0 bridgehead atoms. The highest BCUT2D eigenvalue weighted by Gasteiger charge is 2.21. The summed E-state index contributed by atoms with van der Waals surface area (Å²) in [4.78, 5) is 13.5. The molecule has 134 valence electrons. The maximum atomic E-state index is 12.4. The monoisotopic (exact) mass is 364 g/mol. The Labute approximate surface area is 158 Å². The SMILES string of the molecule is Cc1cc2c(n1-c1ccc(C(=O)NCc3cccs3)cc1)CC[C@@H](C)C2. The smallest absolute Gasteiger partial charge is 0.251 e. The molecule has 2 heterocycles. The number of carbonyl (C=O) groups is 1. The standard InChI is InChI=1S/C22H24N2OS/c1-15-5-10-21-18(12-15)13-16(2)24(21)19-8-6-17(7-9-19)22(25)23-14-20-4-3-11-26-20/h3-4,6-9,11,13,15H,5,10,12,14H2,1-2H3,(H,23,25)/t15-/m1/s1. The van der Waals surface area contributed by atoms with Gasteiger partial charge < -0.3 is 9.88 Å². The van der Waals surface area contributed by atoms with Crippen LogP contribution in [0.1, 0.15) is 45.5 Å². The lowest BCUT2D eigenvalue weighted by atomic mass is 9.89. The summed E-state index contributed by atoms with van der Waals surface area (Å²) in [5.74, 6) is 0.747. The van der Waals surface area contributed by atoms with Crippen molar-refractivity contribution in [3.05, 3.63) is 75.2 Å². The zero-order chi connectivity index (χ0) is 18.1. The van der Waals surface area contributed by atoms with Crippen molar-refractivity contribution < 1.29 is 4.79 Å². The fourth-order valence-electron chi connectivity index (χ4n) is 3.87. The van der Waals surface area contributed by atoms with Crippen molar-refractivity contribution in [2.24, 2.45) is 5.92 Å². The highest BCUT2D eigenvalue weighted by atomic mass is 32.1. The fourth-order valence-corrected chi connectivity index (χ4v) is 4.51. The van der Waals surface area contributed by atoms with Gasteiger partial charge in [0.1, 0.15) is 0 Å². The summed E-state index contributed by atoms with van der Waals surface area (Å²) >= 11 is 1.66. The molecule has 0 unspecified atom stereocenters. The number of thiophene rings is 1.